The van der Waals surface area contributed by atoms with Gasteiger partial charge in [-0.25, -0.2) is 4.98 Å². The van der Waals surface area contributed by atoms with Crippen molar-refractivity contribution >= 4 is 29.1 Å². The Bertz CT molecular complexity index is 1220. The fourth-order valence-corrected chi connectivity index (χ4v) is 3.06. The lowest BCUT2D eigenvalue weighted by atomic mass is 10.1. The highest BCUT2D eigenvalue weighted by atomic mass is 16.7. The molecule has 6 nitrogen and oxygen atoms in total. The van der Waals surface area contributed by atoms with E-state index in [1.165, 1.54) is 0 Å². The van der Waals surface area contributed by atoms with E-state index in [0.29, 0.717) is 22.7 Å². The Kier molecular flexibility index (Phi) is 4.22. The smallest absolute Gasteiger partial charge is 0.231 e. The van der Waals surface area contributed by atoms with Crippen LogP contribution in [0.25, 0.3) is 28.6 Å². The molecule has 0 saturated heterocycles. The summed E-state index contributed by atoms with van der Waals surface area (Å²) in [7, 11) is 0. The molecule has 1 N–H and O–H groups in total. The van der Waals surface area contributed by atoms with Crippen LogP contribution >= 0.6 is 0 Å². The number of phenolic OH excluding ortho intramolecular Hbond substituents is 1. The molecule has 29 heavy (non-hydrogen) atoms. The minimum absolute atomic E-state index is 0.0893. The molecule has 5 rings (SSSR count). The highest BCUT2D eigenvalue weighted by molar-refractivity contribution is 5.82. The lowest BCUT2D eigenvalue weighted by Crippen LogP contribution is -1.92. The number of aromatic nitrogens is 1. The molecule has 4 aromatic rings. The summed E-state index contributed by atoms with van der Waals surface area (Å²) in [5, 5.41) is 10.2. The largest absolute Gasteiger partial charge is 0.507 e. The number of aliphatic imine (C=N–C) groups is 1. The fourth-order valence-electron chi connectivity index (χ4n) is 3.06. The molecule has 0 atom stereocenters. The lowest BCUT2D eigenvalue weighted by Gasteiger charge is -2.01. The first kappa shape index (κ1) is 17.1. The average Bonchev–Trinajstić information content (AvgIpc) is 3.38. The molecule has 0 amide bonds. The number of hydrogen-bond acceptors (Lipinski definition) is 6. The van der Waals surface area contributed by atoms with Crippen LogP contribution in [-0.4, -0.2) is 23.1 Å². The summed E-state index contributed by atoms with van der Waals surface area (Å²) in [5.74, 6) is 1.94. The van der Waals surface area contributed by atoms with Gasteiger partial charge in [-0.1, -0.05) is 24.3 Å². The molecule has 1 aliphatic heterocycles. The van der Waals surface area contributed by atoms with Crippen LogP contribution in [0.5, 0.6) is 17.2 Å². The van der Waals surface area contributed by atoms with Crippen molar-refractivity contribution in [3.63, 3.8) is 0 Å². The van der Waals surface area contributed by atoms with Crippen LogP contribution in [0.2, 0.25) is 0 Å². The first-order chi connectivity index (χ1) is 14.3. The third-order valence-corrected chi connectivity index (χ3v) is 4.50. The van der Waals surface area contributed by atoms with Crippen LogP contribution in [0.15, 0.2) is 76.1 Å². The molecule has 0 unspecified atom stereocenters. The topological polar surface area (TPSA) is 77.1 Å². The highest BCUT2D eigenvalue weighted by Crippen LogP contribution is 2.34. The molecule has 0 spiro atoms. The summed E-state index contributed by atoms with van der Waals surface area (Å²) >= 11 is 0. The number of aromatic hydroxyl groups is 1. The molecule has 0 radical (unpaired) electrons. The number of benzene rings is 3. The Morgan fingerprint density at radius 2 is 1.86 bits per heavy atom. The molecule has 0 bridgehead atoms. The predicted octanol–water partition coefficient (Wildman–Crippen LogP) is 5.34. The van der Waals surface area contributed by atoms with Crippen molar-refractivity contribution in [2.45, 2.75) is 0 Å². The van der Waals surface area contributed by atoms with E-state index in [9.17, 15) is 5.11 Å². The number of rotatable bonds is 4. The zero-order valence-corrected chi connectivity index (χ0v) is 15.3. The second-order valence-corrected chi connectivity index (χ2v) is 6.44. The van der Waals surface area contributed by atoms with E-state index in [2.05, 4.69) is 9.98 Å². The minimum atomic E-state index is 0.0893. The van der Waals surface area contributed by atoms with E-state index in [4.69, 9.17) is 13.9 Å². The molecular formula is C23H16N2O4. The molecule has 6 heteroatoms. The van der Waals surface area contributed by atoms with Gasteiger partial charge in [0.1, 0.15) is 11.3 Å². The number of para-hydroxylation sites is 2. The monoisotopic (exact) mass is 384 g/mol. The molecule has 1 aliphatic rings. The molecule has 0 aliphatic carbocycles. The van der Waals surface area contributed by atoms with E-state index in [0.717, 1.165) is 22.6 Å². The van der Waals surface area contributed by atoms with Gasteiger partial charge < -0.3 is 19.0 Å². The number of fused-ring (bicyclic) bond motifs is 2. The Hall–Kier alpha value is -4.06. The van der Waals surface area contributed by atoms with Gasteiger partial charge in [0.2, 0.25) is 12.7 Å². The summed E-state index contributed by atoms with van der Waals surface area (Å²) in [6.07, 6.45) is 5.45. The number of ether oxygens (including phenoxy) is 2. The maximum Gasteiger partial charge on any atom is 0.231 e. The molecular weight excluding hydrogens is 368 g/mol. The zero-order chi connectivity index (χ0) is 19.6. The maximum absolute atomic E-state index is 10.2. The number of oxazole rings is 1. The summed E-state index contributed by atoms with van der Waals surface area (Å²) in [5.41, 5.74) is 3.56. The number of nitrogens with zero attached hydrogens (tertiary/aromatic N) is 2. The normalized spacial score (nSPS) is 13.1. The van der Waals surface area contributed by atoms with Crippen molar-refractivity contribution in [3.05, 3.63) is 72.3 Å². The molecule has 3 aromatic carbocycles. The minimum Gasteiger partial charge on any atom is -0.507 e. The average molecular weight is 384 g/mol. The summed E-state index contributed by atoms with van der Waals surface area (Å²) in [4.78, 5) is 8.86. The predicted molar refractivity (Wildman–Crippen MR) is 111 cm³/mol. The first-order valence-corrected chi connectivity index (χ1v) is 9.06. The number of hydrogen-bond donors (Lipinski definition) is 1. The lowest BCUT2D eigenvalue weighted by molar-refractivity contribution is 0.174. The van der Waals surface area contributed by atoms with Crippen molar-refractivity contribution in [2.24, 2.45) is 4.99 Å². The van der Waals surface area contributed by atoms with Gasteiger partial charge >= 0.3 is 0 Å². The van der Waals surface area contributed by atoms with Crippen LogP contribution < -0.4 is 9.47 Å². The van der Waals surface area contributed by atoms with Crippen molar-refractivity contribution in [2.75, 3.05) is 6.79 Å². The third kappa shape index (κ3) is 3.43. The van der Waals surface area contributed by atoms with Gasteiger partial charge in [0, 0.05) is 6.21 Å². The molecule has 0 fully saturated rings. The van der Waals surface area contributed by atoms with Gasteiger partial charge in [-0.3, -0.25) is 4.99 Å². The molecule has 2 heterocycles. The van der Waals surface area contributed by atoms with Crippen molar-refractivity contribution in [1.29, 1.82) is 0 Å². The van der Waals surface area contributed by atoms with Crippen LogP contribution in [0.3, 0.4) is 0 Å². The van der Waals surface area contributed by atoms with E-state index in [-0.39, 0.29) is 12.5 Å². The van der Waals surface area contributed by atoms with Crippen LogP contribution in [0.1, 0.15) is 5.56 Å². The van der Waals surface area contributed by atoms with Crippen molar-refractivity contribution in [3.8, 4) is 28.7 Å². The molecule has 0 saturated carbocycles. The van der Waals surface area contributed by atoms with Crippen LogP contribution in [-0.2, 0) is 0 Å². The summed E-state index contributed by atoms with van der Waals surface area (Å²) in [6.45, 7) is 0.257. The van der Waals surface area contributed by atoms with E-state index >= 15 is 0 Å². The van der Waals surface area contributed by atoms with Gasteiger partial charge in [0.05, 0.1) is 11.3 Å². The Morgan fingerprint density at radius 1 is 0.966 bits per heavy atom. The Balaban J connectivity index is 1.37. The van der Waals surface area contributed by atoms with E-state index in [1.807, 2.05) is 54.6 Å². The molecule has 1 aromatic heterocycles. The summed E-state index contributed by atoms with van der Waals surface area (Å²) in [6, 6.07) is 18.3. The first-order valence-electron chi connectivity index (χ1n) is 9.06. The third-order valence-electron chi connectivity index (χ3n) is 4.50. The Labute approximate surface area is 166 Å². The zero-order valence-electron chi connectivity index (χ0n) is 15.3. The fraction of sp³-hybridized carbons (Fsp3) is 0.0435. The van der Waals surface area contributed by atoms with E-state index in [1.54, 1.807) is 24.4 Å². The SMILES string of the molecule is Oc1ccc(N=CC=Cc2ccc3c(c2)OCO3)cc1-c1nc2ccccc2o1. The van der Waals surface area contributed by atoms with E-state index < -0.39 is 0 Å². The number of phenols is 1. The van der Waals surface area contributed by atoms with Crippen molar-refractivity contribution in [1.82, 2.24) is 4.98 Å². The van der Waals surface area contributed by atoms with Gasteiger partial charge in [0.25, 0.3) is 0 Å². The highest BCUT2D eigenvalue weighted by Gasteiger charge is 2.13. The van der Waals surface area contributed by atoms with Gasteiger partial charge in [-0.05, 0) is 54.1 Å². The van der Waals surface area contributed by atoms with Gasteiger partial charge in [-0.2, -0.15) is 0 Å². The summed E-state index contributed by atoms with van der Waals surface area (Å²) < 4.78 is 16.4. The van der Waals surface area contributed by atoms with Crippen LogP contribution in [0, 0.1) is 0 Å². The maximum atomic E-state index is 10.2. The standard InChI is InChI=1S/C23H16N2O4/c26-19-9-8-16(13-17(19)23-25-18-5-1-2-6-20(18)29-23)24-11-3-4-15-7-10-21-22(12-15)28-14-27-21/h1-13,26H,14H2. The van der Waals surface area contributed by atoms with Crippen LogP contribution in [0.4, 0.5) is 5.69 Å². The molecule has 142 valence electrons. The van der Waals surface area contributed by atoms with Gasteiger partial charge in [-0.15, -0.1) is 0 Å². The quantitative estimate of drug-likeness (QED) is 0.480. The van der Waals surface area contributed by atoms with Crippen molar-refractivity contribution < 1.29 is 19.0 Å². The van der Waals surface area contributed by atoms with Gasteiger partial charge in [0.15, 0.2) is 17.1 Å². The Morgan fingerprint density at radius 3 is 2.79 bits per heavy atom. The second-order valence-electron chi connectivity index (χ2n) is 6.44. The number of allylic oxidation sites excluding steroid dienone is 1. The second kappa shape index (κ2) is 7.16.